The fraction of sp³-hybridized carbons (Fsp3) is 0.609. The maximum absolute atomic E-state index is 6.20. The number of imidazole rings is 1. The first-order valence-electron chi connectivity index (χ1n) is 10.9. The average Bonchev–Trinajstić information content (AvgIpc) is 3.39. The summed E-state index contributed by atoms with van der Waals surface area (Å²) < 4.78 is 6.20. The van der Waals surface area contributed by atoms with E-state index in [1.54, 1.807) is 0 Å². The molecule has 2 fully saturated rings. The fourth-order valence-corrected chi connectivity index (χ4v) is 5.46. The van der Waals surface area contributed by atoms with E-state index in [1.807, 2.05) is 6.33 Å². The van der Waals surface area contributed by atoms with Gasteiger partial charge in [0, 0.05) is 38.3 Å². The summed E-state index contributed by atoms with van der Waals surface area (Å²) >= 11 is 0. The minimum atomic E-state index is 0.123. The number of hydrogen-bond donors (Lipinski definition) is 1. The van der Waals surface area contributed by atoms with Gasteiger partial charge in [-0.05, 0) is 63.3 Å². The molecule has 5 heteroatoms. The molecule has 0 bridgehead atoms. The highest BCUT2D eigenvalue weighted by Gasteiger charge is 2.44. The number of aromatic nitrogens is 2. The summed E-state index contributed by atoms with van der Waals surface area (Å²) in [6.45, 7) is 4.36. The highest BCUT2D eigenvalue weighted by atomic mass is 16.5. The van der Waals surface area contributed by atoms with Gasteiger partial charge < -0.3 is 9.72 Å². The molecule has 0 amide bonds. The molecule has 0 unspecified atom stereocenters. The normalized spacial score (nSPS) is 23.2. The van der Waals surface area contributed by atoms with Crippen molar-refractivity contribution in [1.82, 2.24) is 19.8 Å². The van der Waals surface area contributed by atoms with E-state index in [9.17, 15) is 0 Å². The molecule has 1 spiro atoms. The number of rotatable bonds is 4. The van der Waals surface area contributed by atoms with Gasteiger partial charge in [-0.25, -0.2) is 4.98 Å². The average molecular weight is 381 g/mol. The van der Waals surface area contributed by atoms with Gasteiger partial charge in [0.05, 0.1) is 23.7 Å². The van der Waals surface area contributed by atoms with Crippen LogP contribution in [0.4, 0.5) is 0 Å². The first-order valence-corrected chi connectivity index (χ1v) is 10.9. The number of aromatic amines is 1. The molecular weight excluding hydrogens is 348 g/mol. The monoisotopic (exact) mass is 380 g/mol. The van der Waals surface area contributed by atoms with Gasteiger partial charge in [0.2, 0.25) is 0 Å². The number of hydrogen-bond acceptors (Lipinski definition) is 4. The zero-order valence-corrected chi connectivity index (χ0v) is 17.0. The molecule has 2 aromatic rings. The Balaban J connectivity index is 1.23. The Hall–Kier alpha value is -1.85. The lowest BCUT2D eigenvalue weighted by Gasteiger charge is -2.49. The van der Waals surface area contributed by atoms with E-state index in [1.165, 1.54) is 42.6 Å². The Kier molecular flexibility index (Phi) is 4.89. The van der Waals surface area contributed by atoms with Crippen molar-refractivity contribution in [2.45, 2.75) is 63.1 Å². The molecular formula is C23H32N4O. The van der Waals surface area contributed by atoms with Crippen LogP contribution in [0.2, 0.25) is 0 Å². The van der Waals surface area contributed by atoms with Gasteiger partial charge >= 0.3 is 0 Å². The number of ether oxygens (including phenoxy) is 1. The van der Waals surface area contributed by atoms with E-state index in [2.05, 4.69) is 46.1 Å². The minimum absolute atomic E-state index is 0.123. The van der Waals surface area contributed by atoms with Gasteiger partial charge in [-0.2, -0.15) is 0 Å². The summed E-state index contributed by atoms with van der Waals surface area (Å²) in [6.07, 6.45) is 10.7. The Morgan fingerprint density at radius 3 is 2.82 bits per heavy atom. The van der Waals surface area contributed by atoms with Gasteiger partial charge in [-0.3, -0.25) is 9.80 Å². The number of likely N-dealkylation sites (N-methyl/N-ethyl adjacent to an activating group) is 1. The van der Waals surface area contributed by atoms with Crippen molar-refractivity contribution in [3.63, 3.8) is 0 Å². The Labute approximate surface area is 168 Å². The Morgan fingerprint density at radius 2 is 2.00 bits per heavy atom. The van der Waals surface area contributed by atoms with Crippen molar-refractivity contribution in [3.05, 3.63) is 47.5 Å². The highest BCUT2D eigenvalue weighted by molar-refractivity contribution is 5.29. The second kappa shape index (κ2) is 7.53. The Bertz CT molecular complexity index is 802. The zero-order valence-electron chi connectivity index (χ0n) is 17.0. The zero-order chi connectivity index (χ0) is 19.0. The molecule has 1 N–H and O–H groups in total. The topological polar surface area (TPSA) is 44.4 Å². The smallest absolute Gasteiger partial charge is 0.120 e. The highest BCUT2D eigenvalue weighted by Crippen LogP contribution is 2.41. The number of nitrogens with one attached hydrogen (secondary N) is 1. The molecule has 3 aliphatic rings. The van der Waals surface area contributed by atoms with Crippen LogP contribution in [0.25, 0.3) is 0 Å². The summed E-state index contributed by atoms with van der Waals surface area (Å²) in [5.41, 5.74) is 4.14. The number of H-pyrrole nitrogens is 1. The van der Waals surface area contributed by atoms with Crippen LogP contribution in [0.15, 0.2) is 30.6 Å². The quantitative estimate of drug-likeness (QED) is 0.878. The van der Waals surface area contributed by atoms with Crippen molar-refractivity contribution in [2.24, 2.45) is 0 Å². The third kappa shape index (κ3) is 3.35. The molecule has 1 aromatic heterocycles. The maximum Gasteiger partial charge on any atom is 0.120 e. The molecule has 1 aromatic carbocycles. The molecule has 0 atom stereocenters. The van der Waals surface area contributed by atoms with Crippen LogP contribution in [-0.2, 0) is 18.5 Å². The predicted octanol–water partition coefficient (Wildman–Crippen LogP) is 3.71. The standard InChI is InChI=1S/C23H32N4O/c1-26-12-9-21-22(25-17-24-21)23(26)10-13-27(14-11-23)16-18-5-4-8-20(15-18)28-19-6-2-3-7-19/h4-5,8,15,17,19H,2-3,6-7,9-14,16H2,1H3,(H,24,25). The van der Waals surface area contributed by atoms with Crippen LogP contribution in [0.5, 0.6) is 5.75 Å². The maximum atomic E-state index is 6.20. The molecule has 5 rings (SSSR count). The SMILES string of the molecule is CN1CCc2[nH]cnc2C12CCN(Cc1cccc(OC3CCCC3)c1)CC2. The number of likely N-dealkylation sites (tertiary alicyclic amines) is 1. The second-order valence-electron chi connectivity index (χ2n) is 8.88. The summed E-state index contributed by atoms with van der Waals surface area (Å²) in [6, 6.07) is 8.75. The van der Waals surface area contributed by atoms with Crippen LogP contribution < -0.4 is 4.74 Å². The summed E-state index contributed by atoms with van der Waals surface area (Å²) in [5.74, 6) is 1.05. The van der Waals surface area contributed by atoms with Crippen molar-refractivity contribution < 1.29 is 4.74 Å². The molecule has 1 saturated carbocycles. The van der Waals surface area contributed by atoms with Crippen LogP contribution in [0, 0.1) is 0 Å². The van der Waals surface area contributed by atoms with E-state index < -0.39 is 0 Å². The molecule has 0 radical (unpaired) electrons. The largest absolute Gasteiger partial charge is 0.490 e. The minimum Gasteiger partial charge on any atom is -0.490 e. The first-order chi connectivity index (χ1) is 13.7. The number of piperidine rings is 1. The molecule has 5 nitrogen and oxygen atoms in total. The van der Waals surface area contributed by atoms with Gasteiger partial charge in [0.25, 0.3) is 0 Å². The van der Waals surface area contributed by atoms with Gasteiger partial charge in [-0.15, -0.1) is 0 Å². The molecule has 150 valence electrons. The van der Waals surface area contributed by atoms with E-state index in [4.69, 9.17) is 9.72 Å². The number of benzene rings is 1. The van der Waals surface area contributed by atoms with E-state index in [0.29, 0.717) is 6.10 Å². The molecule has 1 aliphatic carbocycles. The van der Waals surface area contributed by atoms with Crippen molar-refractivity contribution in [1.29, 1.82) is 0 Å². The molecule has 3 heterocycles. The Morgan fingerprint density at radius 1 is 1.18 bits per heavy atom. The molecule has 1 saturated heterocycles. The molecule has 28 heavy (non-hydrogen) atoms. The van der Waals surface area contributed by atoms with Crippen molar-refractivity contribution in [2.75, 3.05) is 26.7 Å². The van der Waals surface area contributed by atoms with Crippen LogP contribution in [0.1, 0.15) is 55.5 Å². The van der Waals surface area contributed by atoms with Gasteiger partial charge in [0.1, 0.15) is 5.75 Å². The number of nitrogens with zero attached hydrogens (tertiary/aromatic N) is 3. The lowest BCUT2D eigenvalue weighted by atomic mass is 9.79. The van der Waals surface area contributed by atoms with E-state index in [-0.39, 0.29) is 5.54 Å². The van der Waals surface area contributed by atoms with Crippen molar-refractivity contribution in [3.8, 4) is 5.75 Å². The summed E-state index contributed by atoms with van der Waals surface area (Å²) in [7, 11) is 2.27. The third-order valence-electron chi connectivity index (χ3n) is 7.18. The van der Waals surface area contributed by atoms with Crippen molar-refractivity contribution >= 4 is 0 Å². The predicted molar refractivity (Wildman–Crippen MR) is 110 cm³/mol. The van der Waals surface area contributed by atoms with Gasteiger partial charge in [0.15, 0.2) is 0 Å². The van der Waals surface area contributed by atoms with E-state index in [0.717, 1.165) is 51.2 Å². The molecule has 2 aliphatic heterocycles. The van der Waals surface area contributed by atoms with E-state index >= 15 is 0 Å². The lowest BCUT2D eigenvalue weighted by Crippen LogP contribution is -2.54. The van der Waals surface area contributed by atoms with Crippen LogP contribution in [-0.4, -0.2) is 52.6 Å². The van der Waals surface area contributed by atoms with Gasteiger partial charge in [-0.1, -0.05) is 12.1 Å². The summed E-state index contributed by atoms with van der Waals surface area (Å²) in [5, 5.41) is 0. The number of fused-ring (bicyclic) bond motifs is 2. The third-order valence-corrected chi connectivity index (χ3v) is 7.18. The fourth-order valence-electron chi connectivity index (χ4n) is 5.46. The summed E-state index contributed by atoms with van der Waals surface area (Å²) in [4.78, 5) is 13.2. The van der Waals surface area contributed by atoms with Crippen LogP contribution >= 0.6 is 0 Å². The van der Waals surface area contributed by atoms with Crippen LogP contribution in [0.3, 0.4) is 0 Å². The lowest BCUT2D eigenvalue weighted by molar-refractivity contribution is 0.0221. The first kappa shape index (κ1) is 18.2. The second-order valence-corrected chi connectivity index (χ2v) is 8.88.